The summed E-state index contributed by atoms with van der Waals surface area (Å²) in [6.07, 6.45) is 7.51. The molecule has 6 nitrogen and oxygen atoms in total. The highest BCUT2D eigenvalue weighted by Crippen LogP contribution is 2.23. The van der Waals surface area contributed by atoms with E-state index in [0.29, 0.717) is 29.3 Å². The molecular formula is C26H27N3O3. The minimum atomic E-state index is -0.107. The zero-order chi connectivity index (χ0) is 22.3. The van der Waals surface area contributed by atoms with E-state index in [2.05, 4.69) is 21.3 Å². The topological polar surface area (TPSA) is 67.6 Å². The summed E-state index contributed by atoms with van der Waals surface area (Å²) in [4.78, 5) is 14.9. The highest BCUT2D eigenvalue weighted by molar-refractivity contribution is 5.94. The quantitative estimate of drug-likeness (QED) is 0.576. The number of nitrogens with zero attached hydrogens (tertiary/aromatic N) is 2. The van der Waals surface area contributed by atoms with Crippen LogP contribution in [-0.2, 0) is 6.54 Å². The molecule has 6 heteroatoms. The third-order valence-electron chi connectivity index (χ3n) is 5.89. The summed E-state index contributed by atoms with van der Waals surface area (Å²) in [6.45, 7) is 3.34. The fraction of sp³-hybridized carbons (Fsp3) is 0.308. The second kappa shape index (κ2) is 10.2. The highest BCUT2D eigenvalue weighted by atomic mass is 16.5. The van der Waals surface area contributed by atoms with Gasteiger partial charge >= 0.3 is 0 Å². The van der Waals surface area contributed by atoms with Crippen LogP contribution in [0.15, 0.2) is 59.1 Å². The van der Waals surface area contributed by atoms with E-state index in [1.807, 2.05) is 36.4 Å². The van der Waals surface area contributed by atoms with Gasteiger partial charge in [0.2, 0.25) is 0 Å². The Labute approximate surface area is 188 Å². The van der Waals surface area contributed by atoms with Crippen LogP contribution >= 0.6 is 0 Å². The molecule has 1 aromatic heterocycles. The van der Waals surface area contributed by atoms with E-state index in [1.165, 1.54) is 0 Å². The predicted molar refractivity (Wildman–Crippen MR) is 123 cm³/mol. The number of benzene rings is 2. The Morgan fingerprint density at radius 2 is 2.00 bits per heavy atom. The monoisotopic (exact) mass is 429 g/mol. The smallest absolute Gasteiger partial charge is 0.251 e. The van der Waals surface area contributed by atoms with Gasteiger partial charge in [-0.3, -0.25) is 9.69 Å². The van der Waals surface area contributed by atoms with Crippen molar-refractivity contribution in [3.8, 4) is 29.4 Å². The van der Waals surface area contributed by atoms with Crippen LogP contribution in [0.25, 0.3) is 11.3 Å². The van der Waals surface area contributed by atoms with Crippen molar-refractivity contribution in [1.29, 1.82) is 0 Å². The average Bonchev–Trinajstić information content (AvgIpc) is 3.32. The van der Waals surface area contributed by atoms with E-state index in [4.69, 9.17) is 15.7 Å². The molecule has 0 spiro atoms. The first-order valence-corrected chi connectivity index (χ1v) is 10.8. The van der Waals surface area contributed by atoms with Crippen molar-refractivity contribution in [2.75, 3.05) is 26.7 Å². The Morgan fingerprint density at radius 3 is 2.72 bits per heavy atom. The van der Waals surface area contributed by atoms with Crippen molar-refractivity contribution in [3.05, 3.63) is 71.5 Å². The fourth-order valence-electron chi connectivity index (χ4n) is 3.99. The van der Waals surface area contributed by atoms with Crippen molar-refractivity contribution in [2.24, 2.45) is 5.92 Å². The number of aromatic nitrogens is 1. The van der Waals surface area contributed by atoms with Crippen molar-refractivity contribution >= 4 is 5.91 Å². The number of nitrogens with one attached hydrogen (secondary N) is 1. The van der Waals surface area contributed by atoms with Gasteiger partial charge in [0.05, 0.1) is 19.2 Å². The molecule has 0 radical (unpaired) electrons. The molecule has 0 atom stereocenters. The average molecular weight is 430 g/mol. The summed E-state index contributed by atoms with van der Waals surface area (Å²) in [5.41, 5.74) is 3.12. The molecule has 0 unspecified atom stereocenters. The summed E-state index contributed by atoms with van der Waals surface area (Å²) in [7, 11) is 1.55. The third kappa shape index (κ3) is 5.19. The maximum atomic E-state index is 12.5. The molecule has 1 N–H and O–H groups in total. The Bertz CT molecular complexity index is 1090. The first kappa shape index (κ1) is 21.7. The zero-order valence-electron chi connectivity index (χ0n) is 18.2. The van der Waals surface area contributed by atoms with Crippen LogP contribution in [0, 0.1) is 18.3 Å². The standard InChI is InChI=1S/C26H27N3O3/c1-3-20-9-10-22(15-25(20)31-2)26(30)27-17-19-11-13-29(14-12-19)18-23-16-24(28-32-23)21-7-5-4-6-8-21/h1,4-10,15-16,19H,11-14,17-18H2,2H3,(H,27,30). The van der Waals surface area contributed by atoms with E-state index in [1.54, 1.807) is 25.3 Å². The number of amides is 1. The van der Waals surface area contributed by atoms with E-state index in [9.17, 15) is 4.79 Å². The van der Waals surface area contributed by atoms with Gasteiger partial charge in [0.15, 0.2) is 5.76 Å². The van der Waals surface area contributed by atoms with Gasteiger partial charge in [0.25, 0.3) is 5.91 Å². The van der Waals surface area contributed by atoms with E-state index >= 15 is 0 Å². The van der Waals surface area contributed by atoms with Gasteiger partial charge in [0, 0.05) is 23.7 Å². The second-order valence-corrected chi connectivity index (χ2v) is 8.03. The van der Waals surface area contributed by atoms with Gasteiger partial charge in [-0.05, 0) is 50.0 Å². The van der Waals surface area contributed by atoms with Crippen LogP contribution in [0.1, 0.15) is 34.5 Å². The molecular weight excluding hydrogens is 402 g/mol. The van der Waals surface area contributed by atoms with Crippen LogP contribution in [0.4, 0.5) is 0 Å². The summed E-state index contributed by atoms with van der Waals surface area (Å²) in [5, 5.41) is 7.25. The highest BCUT2D eigenvalue weighted by Gasteiger charge is 2.21. The maximum absolute atomic E-state index is 12.5. The van der Waals surface area contributed by atoms with Crippen molar-refractivity contribution < 1.29 is 14.1 Å². The van der Waals surface area contributed by atoms with Gasteiger partial charge in [-0.2, -0.15) is 0 Å². The minimum Gasteiger partial charge on any atom is -0.495 e. The van der Waals surface area contributed by atoms with Crippen molar-refractivity contribution in [3.63, 3.8) is 0 Å². The number of carbonyl (C=O) groups excluding carboxylic acids is 1. The SMILES string of the molecule is C#Cc1ccc(C(=O)NCC2CCN(Cc3cc(-c4ccccc4)no3)CC2)cc1OC. The molecule has 0 aliphatic carbocycles. The van der Waals surface area contributed by atoms with Crippen LogP contribution < -0.4 is 10.1 Å². The van der Waals surface area contributed by atoms with Crippen LogP contribution in [0.5, 0.6) is 5.75 Å². The number of hydrogen-bond acceptors (Lipinski definition) is 5. The summed E-state index contributed by atoms with van der Waals surface area (Å²) < 4.78 is 10.8. The lowest BCUT2D eigenvalue weighted by Crippen LogP contribution is -2.38. The number of ether oxygens (including phenoxy) is 1. The number of carbonyl (C=O) groups is 1. The molecule has 32 heavy (non-hydrogen) atoms. The van der Waals surface area contributed by atoms with Crippen LogP contribution in [0.3, 0.4) is 0 Å². The van der Waals surface area contributed by atoms with Gasteiger partial charge in [-0.1, -0.05) is 41.4 Å². The van der Waals surface area contributed by atoms with Crippen molar-refractivity contribution in [1.82, 2.24) is 15.4 Å². The molecule has 1 aliphatic heterocycles. The molecule has 2 aromatic carbocycles. The number of likely N-dealkylation sites (tertiary alicyclic amines) is 1. The second-order valence-electron chi connectivity index (χ2n) is 8.03. The van der Waals surface area contributed by atoms with Crippen LogP contribution in [-0.4, -0.2) is 42.7 Å². The zero-order valence-corrected chi connectivity index (χ0v) is 18.2. The van der Waals surface area contributed by atoms with Gasteiger partial charge < -0.3 is 14.6 Å². The predicted octanol–water partition coefficient (Wildman–Crippen LogP) is 3.97. The first-order valence-electron chi connectivity index (χ1n) is 10.8. The number of piperidine rings is 1. The Morgan fingerprint density at radius 1 is 1.22 bits per heavy atom. The number of rotatable bonds is 7. The molecule has 1 amide bonds. The summed E-state index contributed by atoms with van der Waals surface area (Å²) in [5.74, 6) is 4.32. The lowest BCUT2D eigenvalue weighted by atomic mass is 9.96. The molecule has 1 saturated heterocycles. The molecule has 1 fully saturated rings. The van der Waals surface area contributed by atoms with Gasteiger partial charge in [0.1, 0.15) is 11.4 Å². The minimum absolute atomic E-state index is 0.107. The first-order chi connectivity index (χ1) is 15.7. The van der Waals surface area contributed by atoms with E-state index in [-0.39, 0.29) is 5.91 Å². The van der Waals surface area contributed by atoms with Gasteiger partial charge in [-0.15, -0.1) is 6.42 Å². The Kier molecular flexibility index (Phi) is 6.88. The lowest BCUT2D eigenvalue weighted by Gasteiger charge is -2.31. The molecule has 3 aromatic rings. The molecule has 0 bridgehead atoms. The summed E-state index contributed by atoms with van der Waals surface area (Å²) in [6, 6.07) is 17.2. The largest absolute Gasteiger partial charge is 0.495 e. The third-order valence-corrected chi connectivity index (χ3v) is 5.89. The fourth-order valence-corrected chi connectivity index (χ4v) is 3.99. The lowest BCUT2D eigenvalue weighted by molar-refractivity contribution is 0.0933. The number of methoxy groups -OCH3 is 1. The molecule has 4 rings (SSSR count). The molecule has 164 valence electrons. The number of hydrogen-bond donors (Lipinski definition) is 1. The van der Waals surface area contributed by atoms with Crippen LogP contribution in [0.2, 0.25) is 0 Å². The summed E-state index contributed by atoms with van der Waals surface area (Å²) >= 11 is 0. The number of terminal acetylenes is 1. The van der Waals surface area contributed by atoms with Gasteiger partial charge in [-0.25, -0.2) is 0 Å². The Balaban J connectivity index is 1.24. The molecule has 0 saturated carbocycles. The van der Waals surface area contributed by atoms with Crippen molar-refractivity contribution in [2.45, 2.75) is 19.4 Å². The Hall–Kier alpha value is -3.56. The van der Waals surface area contributed by atoms with E-state index < -0.39 is 0 Å². The molecule has 1 aliphatic rings. The maximum Gasteiger partial charge on any atom is 0.251 e. The normalized spacial score (nSPS) is 14.6. The van der Waals surface area contributed by atoms with E-state index in [0.717, 1.165) is 49.5 Å². The molecule has 2 heterocycles.